The minimum Gasteiger partial charge on any atom is -0.507 e. The third kappa shape index (κ3) is 5.14. The predicted octanol–water partition coefficient (Wildman–Crippen LogP) is 6.14. The van der Waals surface area contributed by atoms with E-state index in [9.17, 15) is 14.7 Å². The van der Waals surface area contributed by atoms with Gasteiger partial charge in [-0.1, -0.05) is 57.9 Å². The van der Waals surface area contributed by atoms with E-state index in [0.29, 0.717) is 23.6 Å². The lowest BCUT2D eigenvalue weighted by Crippen LogP contribution is -2.31. The Morgan fingerprint density at radius 2 is 1.69 bits per heavy atom. The van der Waals surface area contributed by atoms with Crippen molar-refractivity contribution in [3.05, 3.63) is 104 Å². The number of aliphatic hydroxyl groups is 1. The normalized spacial score (nSPS) is 17.2. The molecule has 0 saturated carbocycles. The number of Topliss-reactive ketones (excluding diaryl/α,β-unsaturated/α-hetero) is 1. The molecule has 0 bridgehead atoms. The first-order valence-corrected chi connectivity index (χ1v) is 12.4. The van der Waals surface area contributed by atoms with Crippen molar-refractivity contribution >= 4 is 50.7 Å². The molecule has 1 unspecified atom stereocenters. The van der Waals surface area contributed by atoms with Crippen LogP contribution in [0, 0.1) is 6.92 Å². The van der Waals surface area contributed by atoms with E-state index in [1.54, 1.807) is 29.2 Å². The smallest absolute Gasteiger partial charge is 0.295 e. The van der Waals surface area contributed by atoms with Crippen molar-refractivity contribution in [1.82, 2.24) is 4.90 Å². The summed E-state index contributed by atoms with van der Waals surface area (Å²) in [4.78, 5) is 30.0. The zero-order valence-corrected chi connectivity index (χ0v) is 22.1. The van der Waals surface area contributed by atoms with E-state index < -0.39 is 17.7 Å². The van der Waals surface area contributed by atoms with Gasteiger partial charge in [-0.3, -0.25) is 9.59 Å². The SMILES string of the molecule is Cc1cc(/C(O)=C2/C(=O)C(=O)N(CCc3ccc(Cl)cc3)C2c2ccc(N(C)C)cc2)ccc1Br. The van der Waals surface area contributed by atoms with E-state index >= 15 is 0 Å². The highest BCUT2D eigenvalue weighted by atomic mass is 79.9. The predicted molar refractivity (Wildman–Crippen MR) is 144 cm³/mol. The standard InChI is InChI=1S/C28H26BrClN2O3/c1-17-16-20(8-13-23(17)29)26(33)24-25(19-6-11-22(12-7-19)31(2)3)32(28(35)27(24)34)15-14-18-4-9-21(30)10-5-18/h4-13,16,25,33H,14-15H2,1-3H3/b26-24-. The molecule has 3 aromatic rings. The van der Waals surface area contributed by atoms with Crippen LogP contribution in [0.25, 0.3) is 5.76 Å². The maximum Gasteiger partial charge on any atom is 0.295 e. The molecule has 0 aliphatic carbocycles. The molecule has 0 aromatic heterocycles. The molecule has 0 radical (unpaired) electrons. The third-order valence-electron chi connectivity index (χ3n) is 6.25. The minimum atomic E-state index is -0.692. The number of rotatable bonds is 6. The van der Waals surface area contributed by atoms with Gasteiger partial charge in [-0.2, -0.15) is 0 Å². The molecule has 1 heterocycles. The summed E-state index contributed by atoms with van der Waals surface area (Å²) in [7, 11) is 3.89. The summed E-state index contributed by atoms with van der Waals surface area (Å²) in [5.41, 5.74) is 4.28. The second-order valence-corrected chi connectivity index (χ2v) is 10.1. The second-order valence-electron chi connectivity index (χ2n) is 8.82. The molecule has 7 heteroatoms. The highest BCUT2D eigenvalue weighted by Gasteiger charge is 2.45. The average Bonchev–Trinajstić information content (AvgIpc) is 3.10. The first-order chi connectivity index (χ1) is 16.7. The van der Waals surface area contributed by atoms with E-state index in [4.69, 9.17) is 11.6 Å². The number of hydrogen-bond donors (Lipinski definition) is 1. The number of benzene rings is 3. The molecule has 35 heavy (non-hydrogen) atoms. The van der Waals surface area contributed by atoms with Crippen molar-refractivity contribution in [2.75, 3.05) is 25.5 Å². The monoisotopic (exact) mass is 552 g/mol. The van der Waals surface area contributed by atoms with Crippen LogP contribution < -0.4 is 4.90 Å². The number of likely N-dealkylation sites (tertiary alicyclic amines) is 1. The van der Waals surface area contributed by atoms with Gasteiger partial charge in [0.15, 0.2) is 0 Å². The van der Waals surface area contributed by atoms with Crippen LogP contribution >= 0.6 is 27.5 Å². The summed E-state index contributed by atoms with van der Waals surface area (Å²) >= 11 is 9.47. The van der Waals surface area contributed by atoms with Gasteiger partial charge in [0.2, 0.25) is 0 Å². The second kappa shape index (κ2) is 10.3. The molecule has 1 aliphatic rings. The molecular formula is C28H26BrClN2O3. The number of halogens is 2. The van der Waals surface area contributed by atoms with E-state index in [0.717, 1.165) is 26.9 Å². The van der Waals surface area contributed by atoms with Crippen molar-refractivity contribution in [2.45, 2.75) is 19.4 Å². The Labute approximate surface area is 218 Å². The fourth-order valence-corrected chi connectivity index (χ4v) is 4.63. The molecule has 0 spiro atoms. The maximum absolute atomic E-state index is 13.3. The van der Waals surface area contributed by atoms with Gasteiger partial charge in [0.1, 0.15) is 5.76 Å². The van der Waals surface area contributed by atoms with E-state index in [1.165, 1.54) is 0 Å². The number of nitrogens with zero attached hydrogens (tertiary/aromatic N) is 2. The van der Waals surface area contributed by atoms with Crippen LogP contribution in [0.2, 0.25) is 5.02 Å². The van der Waals surface area contributed by atoms with Crippen molar-refractivity contribution < 1.29 is 14.7 Å². The van der Waals surface area contributed by atoms with Crippen LogP contribution in [0.4, 0.5) is 5.69 Å². The summed E-state index contributed by atoms with van der Waals surface area (Å²) in [6.07, 6.45) is 0.550. The number of hydrogen-bond acceptors (Lipinski definition) is 4. The van der Waals surface area contributed by atoms with Gasteiger partial charge in [-0.25, -0.2) is 0 Å². The van der Waals surface area contributed by atoms with Crippen LogP contribution in [0.1, 0.15) is 28.3 Å². The fraction of sp³-hybridized carbons (Fsp3) is 0.214. The summed E-state index contributed by atoms with van der Waals surface area (Å²) in [5.74, 6) is -1.47. The van der Waals surface area contributed by atoms with E-state index in [-0.39, 0.29) is 11.3 Å². The number of carbonyl (C=O) groups excluding carboxylic acids is 2. The molecule has 5 nitrogen and oxygen atoms in total. The van der Waals surface area contributed by atoms with Crippen molar-refractivity contribution in [2.24, 2.45) is 0 Å². The number of aryl methyl sites for hydroxylation is 1. The first-order valence-electron chi connectivity index (χ1n) is 11.2. The number of aliphatic hydroxyl groups excluding tert-OH is 1. The summed E-state index contributed by atoms with van der Waals surface area (Å²) in [5, 5.41) is 11.9. The zero-order chi connectivity index (χ0) is 25.3. The first kappa shape index (κ1) is 25.0. The Kier molecular flexibility index (Phi) is 7.33. The van der Waals surface area contributed by atoms with E-state index in [1.807, 2.05) is 68.4 Å². The van der Waals surface area contributed by atoms with Gasteiger partial charge in [-0.05, 0) is 66.4 Å². The van der Waals surface area contributed by atoms with Crippen LogP contribution in [0.3, 0.4) is 0 Å². The molecular weight excluding hydrogens is 528 g/mol. The third-order valence-corrected chi connectivity index (χ3v) is 7.39. The van der Waals surface area contributed by atoms with Crippen LogP contribution in [0.15, 0.2) is 76.8 Å². The molecule has 180 valence electrons. The van der Waals surface area contributed by atoms with Crippen molar-refractivity contribution in [3.8, 4) is 0 Å². The van der Waals surface area contributed by atoms with Crippen molar-refractivity contribution in [3.63, 3.8) is 0 Å². The minimum absolute atomic E-state index is 0.102. The zero-order valence-electron chi connectivity index (χ0n) is 19.8. The highest BCUT2D eigenvalue weighted by molar-refractivity contribution is 9.10. The van der Waals surface area contributed by atoms with Gasteiger partial charge in [0.05, 0.1) is 11.6 Å². The number of anilines is 1. The van der Waals surface area contributed by atoms with Crippen LogP contribution in [0.5, 0.6) is 0 Å². The lowest BCUT2D eigenvalue weighted by atomic mass is 9.94. The summed E-state index contributed by atoms with van der Waals surface area (Å²) < 4.78 is 0.897. The van der Waals surface area contributed by atoms with Gasteiger partial charge >= 0.3 is 0 Å². The number of ketones is 1. The van der Waals surface area contributed by atoms with Gasteiger partial charge < -0.3 is 14.9 Å². The molecule has 3 aromatic carbocycles. The van der Waals surface area contributed by atoms with Crippen LogP contribution in [-0.4, -0.2) is 42.3 Å². The Hall–Kier alpha value is -3.09. The van der Waals surface area contributed by atoms with Crippen molar-refractivity contribution in [1.29, 1.82) is 0 Å². The Balaban J connectivity index is 1.78. The lowest BCUT2D eigenvalue weighted by molar-refractivity contribution is -0.139. The molecule has 1 fully saturated rings. The highest BCUT2D eigenvalue weighted by Crippen LogP contribution is 2.40. The molecule has 1 saturated heterocycles. The largest absolute Gasteiger partial charge is 0.507 e. The summed E-state index contributed by atoms with van der Waals surface area (Å²) in [6.45, 7) is 2.23. The van der Waals surface area contributed by atoms with E-state index in [2.05, 4.69) is 15.9 Å². The average molecular weight is 554 g/mol. The number of carbonyl (C=O) groups is 2. The Morgan fingerprint density at radius 3 is 2.29 bits per heavy atom. The van der Waals surface area contributed by atoms with Gasteiger partial charge in [0.25, 0.3) is 11.7 Å². The molecule has 1 aliphatic heterocycles. The lowest BCUT2D eigenvalue weighted by Gasteiger charge is -2.26. The topological polar surface area (TPSA) is 60.9 Å². The molecule has 4 rings (SSSR count). The van der Waals surface area contributed by atoms with Gasteiger partial charge in [-0.15, -0.1) is 0 Å². The quantitative estimate of drug-likeness (QED) is 0.226. The Morgan fingerprint density at radius 1 is 1.03 bits per heavy atom. The van der Waals surface area contributed by atoms with Crippen LogP contribution in [-0.2, 0) is 16.0 Å². The van der Waals surface area contributed by atoms with Gasteiger partial charge in [0, 0.05) is 41.4 Å². The molecule has 1 amide bonds. The maximum atomic E-state index is 13.3. The molecule has 1 N–H and O–H groups in total. The Bertz CT molecular complexity index is 1300. The summed E-state index contributed by atoms with van der Waals surface area (Å²) in [6, 6.07) is 19.8. The number of amides is 1. The fourth-order valence-electron chi connectivity index (χ4n) is 4.26. The molecule has 1 atom stereocenters.